The SMILES string of the molecule is CCOC(=O)c1c(NC(=S)N2CCN(c3cccc(Cl)c3)CC2)sc2c1CCCC2. The van der Waals surface area contributed by atoms with E-state index < -0.39 is 0 Å². The van der Waals surface area contributed by atoms with Crippen LogP contribution in [0, 0.1) is 0 Å². The predicted octanol–water partition coefficient (Wildman–Crippen LogP) is 4.98. The van der Waals surface area contributed by atoms with E-state index >= 15 is 0 Å². The molecule has 0 unspecified atom stereocenters. The summed E-state index contributed by atoms with van der Waals surface area (Å²) >= 11 is 13.5. The highest BCUT2D eigenvalue weighted by Gasteiger charge is 2.28. The van der Waals surface area contributed by atoms with Crippen LogP contribution in [0.15, 0.2) is 24.3 Å². The average Bonchev–Trinajstić information content (AvgIpc) is 3.12. The monoisotopic (exact) mass is 463 g/mol. The van der Waals surface area contributed by atoms with Gasteiger partial charge >= 0.3 is 5.97 Å². The molecule has 30 heavy (non-hydrogen) atoms. The van der Waals surface area contributed by atoms with E-state index in [4.69, 9.17) is 28.6 Å². The van der Waals surface area contributed by atoms with Gasteiger partial charge in [0, 0.05) is 41.8 Å². The number of halogens is 1. The number of aryl methyl sites for hydroxylation is 1. The van der Waals surface area contributed by atoms with Crippen molar-refractivity contribution in [2.75, 3.05) is 43.0 Å². The number of nitrogens with zero attached hydrogens (tertiary/aromatic N) is 2. The van der Waals surface area contributed by atoms with Crippen molar-refractivity contribution >= 4 is 56.9 Å². The van der Waals surface area contributed by atoms with Gasteiger partial charge in [0.05, 0.1) is 12.2 Å². The number of anilines is 2. The van der Waals surface area contributed by atoms with Crippen LogP contribution in [0.4, 0.5) is 10.7 Å². The summed E-state index contributed by atoms with van der Waals surface area (Å²) < 4.78 is 5.35. The van der Waals surface area contributed by atoms with Crippen LogP contribution in [0.1, 0.15) is 40.6 Å². The van der Waals surface area contributed by atoms with Crippen molar-refractivity contribution in [1.82, 2.24) is 4.90 Å². The molecule has 2 heterocycles. The first-order chi connectivity index (χ1) is 14.6. The summed E-state index contributed by atoms with van der Waals surface area (Å²) in [7, 11) is 0. The number of nitrogens with one attached hydrogen (secondary N) is 1. The predicted molar refractivity (Wildman–Crippen MR) is 128 cm³/mol. The zero-order valence-corrected chi connectivity index (χ0v) is 19.5. The van der Waals surface area contributed by atoms with Crippen LogP contribution >= 0.6 is 35.2 Å². The van der Waals surface area contributed by atoms with Crippen molar-refractivity contribution in [3.8, 4) is 0 Å². The van der Waals surface area contributed by atoms with Crippen molar-refractivity contribution in [3.05, 3.63) is 45.3 Å². The van der Waals surface area contributed by atoms with E-state index in [2.05, 4.69) is 21.2 Å². The second-order valence-electron chi connectivity index (χ2n) is 7.52. The smallest absolute Gasteiger partial charge is 0.341 e. The van der Waals surface area contributed by atoms with Gasteiger partial charge in [-0.25, -0.2) is 4.79 Å². The molecule has 1 aromatic carbocycles. The van der Waals surface area contributed by atoms with Gasteiger partial charge in [0.2, 0.25) is 0 Å². The van der Waals surface area contributed by atoms with Crippen molar-refractivity contribution in [1.29, 1.82) is 0 Å². The first-order valence-corrected chi connectivity index (χ1v) is 12.0. The molecule has 1 aliphatic heterocycles. The summed E-state index contributed by atoms with van der Waals surface area (Å²) in [5.74, 6) is -0.243. The number of carbonyl (C=O) groups excluding carboxylic acids is 1. The Balaban J connectivity index is 1.44. The Morgan fingerprint density at radius 2 is 2.00 bits per heavy atom. The number of hydrogen-bond acceptors (Lipinski definition) is 5. The third-order valence-corrected chi connectivity index (χ3v) is 7.41. The van der Waals surface area contributed by atoms with E-state index in [1.165, 1.54) is 11.3 Å². The molecule has 0 amide bonds. The highest BCUT2D eigenvalue weighted by molar-refractivity contribution is 7.80. The van der Waals surface area contributed by atoms with Crippen LogP contribution in [0.3, 0.4) is 0 Å². The first-order valence-electron chi connectivity index (χ1n) is 10.4. The van der Waals surface area contributed by atoms with Gasteiger partial charge in [-0.1, -0.05) is 17.7 Å². The third kappa shape index (κ3) is 4.58. The van der Waals surface area contributed by atoms with Gasteiger partial charge < -0.3 is 19.9 Å². The lowest BCUT2D eigenvalue weighted by molar-refractivity contribution is 0.0526. The van der Waals surface area contributed by atoms with Gasteiger partial charge in [0.1, 0.15) is 5.00 Å². The second-order valence-corrected chi connectivity index (χ2v) is 9.45. The average molecular weight is 464 g/mol. The number of hydrogen-bond donors (Lipinski definition) is 1. The van der Waals surface area contributed by atoms with E-state index in [1.807, 2.05) is 25.1 Å². The van der Waals surface area contributed by atoms with E-state index in [9.17, 15) is 4.79 Å². The molecule has 0 bridgehead atoms. The Kier molecular flexibility index (Phi) is 6.80. The summed E-state index contributed by atoms with van der Waals surface area (Å²) in [4.78, 5) is 18.4. The van der Waals surface area contributed by atoms with Crippen molar-refractivity contribution in [3.63, 3.8) is 0 Å². The molecule has 1 aromatic heterocycles. The minimum absolute atomic E-state index is 0.243. The molecular weight excluding hydrogens is 438 g/mol. The molecule has 160 valence electrons. The maximum absolute atomic E-state index is 12.7. The maximum atomic E-state index is 12.7. The molecule has 0 radical (unpaired) electrons. The fourth-order valence-electron chi connectivity index (χ4n) is 4.09. The number of thiocarbonyl (C=S) groups is 1. The summed E-state index contributed by atoms with van der Waals surface area (Å²) in [6.07, 6.45) is 4.25. The van der Waals surface area contributed by atoms with Gasteiger partial charge in [-0.15, -0.1) is 11.3 Å². The fraction of sp³-hybridized carbons (Fsp3) is 0.455. The molecule has 1 saturated heterocycles. The van der Waals surface area contributed by atoms with E-state index in [0.29, 0.717) is 17.3 Å². The van der Waals surface area contributed by atoms with Crippen LogP contribution in [0.5, 0.6) is 0 Å². The summed E-state index contributed by atoms with van der Waals surface area (Å²) in [6.45, 7) is 5.59. The van der Waals surface area contributed by atoms with Crippen LogP contribution in [-0.2, 0) is 17.6 Å². The lowest BCUT2D eigenvalue weighted by Gasteiger charge is -2.37. The van der Waals surface area contributed by atoms with E-state index in [1.54, 1.807) is 11.3 Å². The van der Waals surface area contributed by atoms with Crippen molar-refractivity contribution in [2.24, 2.45) is 0 Å². The fourth-order valence-corrected chi connectivity index (χ4v) is 5.90. The second kappa shape index (κ2) is 9.54. The Hall–Kier alpha value is -1.83. The standard InChI is InChI=1S/C22H26ClN3O2S2/c1-2-28-21(27)19-17-8-3-4-9-18(17)30-20(19)24-22(29)26-12-10-25(11-13-26)16-7-5-6-15(23)14-16/h5-7,14H,2-4,8-13H2,1H3,(H,24,29). The number of ether oxygens (including phenoxy) is 1. The zero-order chi connectivity index (χ0) is 21.1. The number of esters is 1. The zero-order valence-electron chi connectivity index (χ0n) is 17.1. The van der Waals surface area contributed by atoms with E-state index in [0.717, 1.165) is 66.7 Å². The topological polar surface area (TPSA) is 44.8 Å². The molecular formula is C22H26ClN3O2S2. The molecule has 0 atom stereocenters. The molecule has 2 aliphatic rings. The van der Waals surface area contributed by atoms with Crippen molar-refractivity contribution in [2.45, 2.75) is 32.6 Å². The first kappa shape index (κ1) is 21.4. The van der Waals surface area contributed by atoms with Crippen LogP contribution in [-0.4, -0.2) is 48.8 Å². The number of benzene rings is 1. The van der Waals surface area contributed by atoms with Crippen molar-refractivity contribution < 1.29 is 9.53 Å². The Bertz CT molecular complexity index is 938. The highest BCUT2D eigenvalue weighted by atomic mass is 35.5. The lowest BCUT2D eigenvalue weighted by Crippen LogP contribution is -2.50. The largest absolute Gasteiger partial charge is 0.462 e. The molecule has 0 saturated carbocycles. The van der Waals surface area contributed by atoms with Gasteiger partial charge in [-0.3, -0.25) is 0 Å². The minimum atomic E-state index is -0.243. The number of rotatable bonds is 4. The summed E-state index contributed by atoms with van der Waals surface area (Å²) in [5, 5.41) is 5.63. The maximum Gasteiger partial charge on any atom is 0.341 e. The van der Waals surface area contributed by atoms with Gasteiger partial charge in [-0.2, -0.15) is 0 Å². The molecule has 1 N–H and O–H groups in total. The minimum Gasteiger partial charge on any atom is -0.462 e. The molecule has 4 rings (SSSR count). The molecule has 1 fully saturated rings. The molecule has 5 nitrogen and oxygen atoms in total. The number of fused-ring (bicyclic) bond motifs is 1. The lowest BCUT2D eigenvalue weighted by atomic mass is 9.95. The molecule has 8 heteroatoms. The molecule has 0 spiro atoms. The molecule has 1 aliphatic carbocycles. The highest BCUT2D eigenvalue weighted by Crippen LogP contribution is 2.38. The number of thiophene rings is 1. The van der Waals surface area contributed by atoms with E-state index in [-0.39, 0.29) is 5.97 Å². The van der Waals surface area contributed by atoms with Crippen LogP contribution < -0.4 is 10.2 Å². The summed E-state index contributed by atoms with van der Waals surface area (Å²) in [5.41, 5.74) is 2.98. The van der Waals surface area contributed by atoms with Gasteiger partial charge in [0.15, 0.2) is 5.11 Å². The van der Waals surface area contributed by atoms with Crippen LogP contribution in [0.25, 0.3) is 0 Å². The normalized spacial score (nSPS) is 16.2. The van der Waals surface area contributed by atoms with Crippen LogP contribution in [0.2, 0.25) is 5.02 Å². The Labute approximate surface area is 192 Å². The Morgan fingerprint density at radius 1 is 1.23 bits per heavy atom. The number of carbonyl (C=O) groups is 1. The quantitative estimate of drug-likeness (QED) is 0.509. The molecule has 2 aromatic rings. The third-order valence-electron chi connectivity index (χ3n) is 5.61. The number of piperazine rings is 1. The van der Waals surface area contributed by atoms with Gasteiger partial charge in [0.25, 0.3) is 0 Å². The Morgan fingerprint density at radius 3 is 2.73 bits per heavy atom. The van der Waals surface area contributed by atoms with Gasteiger partial charge in [-0.05, 0) is 68.6 Å². The summed E-state index contributed by atoms with van der Waals surface area (Å²) in [6, 6.07) is 7.95.